The maximum Gasteiger partial charge on any atom is 0.324 e. The van der Waals surface area contributed by atoms with E-state index < -0.39 is 0 Å². The molecule has 1 unspecified atom stereocenters. The van der Waals surface area contributed by atoms with Gasteiger partial charge in [0.1, 0.15) is 0 Å². The summed E-state index contributed by atoms with van der Waals surface area (Å²) in [5.74, 6) is 0.507. The van der Waals surface area contributed by atoms with Gasteiger partial charge in [-0.15, -0.1) is 0 Å². The van der Waals surface area contributed by atoms with E-state index in [4.69, 9.17) is 5.73 Å². The Morgan fingerprint density at radius 1 is 1.26 bits per heavy atom. The lowest BCUT2D eigenvalue weighted by molar-refractivity contribution is 0.262. The molecule has 1 aromatic carbocycles. The first-order valence-corrected chi connectivity index (χ1v) is 5.98. The number of nitrogens with zero attached hydrogens (tertiary/aromatic N) is 2. The third-order valence-corrected chi connectivity index (χ3v) is 2.65. The molecule has 2 aromatic rings. The molecule has 0 saturated carbocycles. The van der Waals surface area contributed by atoms with Gasteiger partial charge in [-0.25, -0.2) is 4.79 Å². The van der Waals surface area contributed by atoms with E-state index in [0.717, 1.165) is 5.56 Å². The van der Waals surface area contributed by atoms with Crippen molar-refractivity contribution in [2.75, 3.05) is 10.6 Å². The summed E-state index contributed by atoms with van der Waals surface area (Å²) in [5, 5.41) is 9.43. The Hall–Kier alpha value is -2.34. The fourth-order valence-electron chi connectivity index (χ4n) is 1.63. The molecule has 0 aliphatic rings. The van der Waals surface area contributed by atoms with E-state index in [1.54, 1.807) is 24.0 Å². The third-order valence-electron chi connectivity index (χ3n) is 2.65. The molecule has 0 radical (unpaired) electrons. The minimum Gasteiger partial charge on any atom is -0.324 e. The molecular weight excluding hydrogens is 242 g/mol. The summed E-state index contributed by atoms with van der Waals surface area (Å²) in [5.41, 5.74) is 7.49. The number of aromatic nitrogens is 2. The second-order valence-corrected chi connectivity index (χ2v) is 4.36. The van der Waals surface area contributed by atoms with E-state index in [9.17, 15) is 4.79 Å². The first-order valence-electron chi connectivity index (χ1n) is 5.98. The summed E-state index contributed by atoms with van der Waals surface area (Å²) in [7, 11) is 1.79. The highest BCUT2D eigenvalue weighted by atomic mass is 16.2. The zero-order chi connectivity index (χ0) is 13.8. The molecule has 1 aromatic heterocycles. The fourth-order valence-corrected chi connectivity index (χ4v) is 1.63. The standard InChI is InChI=1S/C13H17N5O/c1-9(14)10-3-5-11(6-4-10)15-13(19)16-12-7-8-18(2)17-12/h3-9H,14H2,1-2H3,(H2,15,16,17,19). The van der Waals surface area contributed by atoms with Crippen LogP contribution in [0.25, 0.3) is 0 Å². The Morgan fingerprint density at radius 3 is 2.47 bits per heavy atom. The van der Waals surface area contributed by atoms with Crippen LogP contribution in [-0.2, 0) is 7.05 Å². The average molecular weight is 259 g/mol. The van der Waals surface area contributed by atoms with Gasteiger partial charge in [-0.1, -0.05) is 12.1 Å². The molecule has 2 amide bonds. The first kappa shape index (κ1) is 13.1. The van der Waals surface area contributed by atoms with Gasteiger partial charge >= 0.3 is 6.03 Å². The maximum atomic E-state index is 11.7. The van der Waals surface area contributed by atoms with Crippen LogP contribution >= 0.6 is 0 Å². The largest absolute Gasteiger partial charge is 0.324 e. The zero-order valence-corrected chi connectivity index (χ0v) is 10.9. The number of aryl methyl sites for hydroxylation is 1. The molecule has 100 valence electrons. The van der Waals surface area contributed by atoms with Crippen LogP contribution in [0.5, 0.6) is 0 Å². The maximum absolute atomic E-state index is 11.7. The molecule has 6 heteroatoms. The predicted molar refractivity (Wildman–Crippen MR) is 74.9 cm³/mol. The van der Waals surface area contributed by atoms with E-state index in [1.807, 2.05) is 31.2 Å². The molecule has 2 rings (SSSR count). The van der Waals surface area contributed by atoms with E-state index in [2.05, 4.69) is 15.7 Å². The smallest absolute Gasteiger partial charge is 0.324 e. The lowest BCUT2D eigenvalue weighted by atomic mass is 10.1. The van der Waals surface area contributed by atoms with Gasteiger partial charge in [-0.3, -0.25) is 10.00 Å². The van der Waals surface area contributed by atoms with Crippen molar-refractivity contribution >= 4 is 17.5 Å². The molecule has 19 heavy (non-hydrogen) atoms. The molecule has 0 bridgehead atoms. The number of nitrogens with one attached hydrogen (secondary N) is 2. The molecule has 4 N–H and O–H groups in total. The van der Waals surface area contributed by atoms with Crippen LogP contribution in [-0.4, -0.2) is 15.8 Å². The number of carbonyl (C=O) groups excluding carboxylic acids is 1. The average Bonchev–Trinajstić information content (AvgIpc) is 2.75. The first-order chi connectivity index (χ1) is 9.04. The van der Waals surface area contributed by atoms with E-state index >= 15 is 0 Å². The van der Waals surface area contributed by atoms with E-state index in [1.165, 1.54) is 0 Å². The molecule has 0 aliphatic heterocycles. The summed E-state index contributed by atoms with van der Waals surface area (Å²) in [4.78, 5) is 11.7. The monoisotopic (exact) mass is 259 g/mol. The van der Waals surface area contributed by atoms with Crippen LogP contribution in [0.2, 0.25) is 0 Å². The fraction of sp³-hybridized carbons (Fsp3) is 0.231. The van der Waals surface area contributed by atoms with Gasteiger partial charge in [-0.2, -0.15) is 5.10 Å². The van der Waals surface area contributed by atoms with Crippen LogP contribution in [0.15, 0.2) is 36.5 Å². The number of rotatable bonds is 3. The lowest BCUT2D eigenvalue weighted by Gasteiger charge is -2.08. The van der Waals surface area contributed by atoms with Gasteiger partial charge in [0.05, 0.1) is 0 Å². The van der Waals surface area contributed by atoms with Crippen LogP contribution in [0, 0.1) is 0 Å². The highest BCUT2D eigenvalue weighted by Crippen LogP contribution is 2.14. The molecule has 0 spiro atoms. The Labute approximate surface area is 111 Å². The Morgan fingerprint density at radius 2 is 1.95 bits per heavy atom. The van der Waals surface area contributed by atoms with Crippen LogP contribution in [0.1, 0.15) is 18.5 Å². The summed E-state index contributed by atoms with van der Waals surface area (Å²) < 4.78 is 1.62. The number of carbonyl (C=O) groups is 1. The number of benzene rings is 1. The van der Waals surface area contributed by atoms with Crippen molar-refractivity contribution in [1.29, 1.82) is 0 Å². The highest BCUT2D eigenvalue weighted by Gasteiger charge is 2.05. The summed E-state index contributed by atoms with van der Waals surface area (Å²) in [6.45, 7) is 1.91. The third kappa shape index (κ3) is 3.56. The van der Waals surface area contributed by atoms with Crippen LogP contribution < -0.4 is 16.4 Å². The van der Waals surface area contributed by atoms with Crippen LogP contribution in [0.3, 0.4) is 0 Å². The lowest BCUT2D eigenvalue weighted by Crippen LogP contribution is -2.19. The van der Waals surface area contributed by atoms with Crippen molar-refractivity contribution in [2.24, 2.45) is 12.8 Å². The number of nitrogens with two attached hydrogens (primary N) is 1. The Balaban J connectivity index is 1.95. The number of hydrogen-bond acceptors (Lipinski definition) is 3. The van der Waals surface area contributed by atoms with Crippen molar-refractivity contribution in [2.45, 2.75) is 13.0 Å². The topological polar surface area (TPSA) is 85.0 Å². The quantitative estimate of drug-likeness (QED) is 0.789. The molecule has 0 saturated heterocycles. The Bertz CT molecular complexity index is 559. The summed E-state index contributed by atoms with van der Waals surface area (Å²) in [6.07, 6.45) is 1.76. The molecule has 6 nitrogen and oxygen atoms in total. The predicted octanol–water partition coefficient (Wildman–Crippen LogP) is 2.08. The minimum atomic E-state index is -0.327. The molecular formula is C13H17N5O. The van der Waals surface area contributed by atoms with Gasteiger partial charge in [-0.05, 0) is 24.6 Å². The zero-order valence-electron chi connectivity index (χ0n) is 10.9. The van der Waals surface area contributed by atoms with Crippen LogP contribution in [0.4, 0.5) is 16.3 Å². The van der Waals surface area contributed by atoms with Gasteiger partial charge < -0.3 is 11.1 Å². The van der Waals surface area contributed by atoms with Gasteiger partial charge in [0, 0.05) is 31.0 Å². The number of urea groups is 1. The van der Waals surface area contributed by atoms with Crippen molar-refractivity contribution in [3.63, 3.8) is 0 Å². The molecule has 0 fully saturated rings. The number of amides is 2. The summed E-state index contributed by atoms with van der Waals surface area (Å²) >= 11 is 0. The minimum absolute atomic E-state index is 0.0172. The molecule has 0 aliphatic carbocycles. The number of anilines is 2. The van der Waals surface area contributed by atoms with Crippen molar-refractivity contribution in [1.82, 2.24) is 9.78 Å². The Kier molecular flexibility index (Phi) is 3.82. The second-order valence-electron chi connectivity index (χ2n) is 4.36. The summed E-state index contributed by atoms with van der Waals surface area (Å²) in [6, 6.07) is 8.79. The van der Waals surface area contributed by atoms with Crippen molar-refractivity contribution in [3.05, 3.63) is 42.1 Å². The van der Waals surface area contributed by atoms with Crippen molar-refractivity contribution < 1.29 is 4.79 Å². The van der Waals surface area contributed by atoms with Gasteiger partial charge in [0.25, 0.3) is 0 Å². The van der Waals surface area contributed by atoms with Gasteiger partial charge in [0.2, 0.25) is 0 Å². The normalized spacial score (nSPS) is 11.9. The number of hydrogen-bond donors (Lipinski definition) is 3. The van der Waals surface area contributed by atoms with E-state index in [-0.39, 0.29) is 12.1 Å². The molecule has 1 heterocycles. The second kappa shape index (κ2) is 5.53. The molecule has 1 atom stereocenters. The van der Waals surface area contributed by atoms with Gasteiger partial charge in [0.15, 0.2) is 5.82 Å². The van der Waals surface area contributed by atoms with Crippen molar-refractivity contribution in [3.8, 4) is 0 Å². The highest BCUT2D eigenvalue weighted by molar-refractivity contribution is 5.99. The SMILES string of the molecule is CC(N)c1ccc(NC(=O)Nc2ccn(C)n2)cc1. The van der Waals surface area contributed by atoms with E-state index in [0.29, 0.717) is 11.5 Å².